The average molecular weight is 173 g/mol. The van der Waals surface area contributed by atoms with Crippen LogP contribution in [0.25, 0.3) is 0 Å². The molecule has 0 unspecified atom stereocenters. The van der Waals surface area contributed by atoms with Crippen molar-refractivity contribution in [1.82, 2.24) is 0 Å². The first-order valence-electron chi connectivity index (χ1n) is 4.33. The van der Waals surface area contributed by atoms with Gasteiger partial charge in [0.15, 0.2) is 0 Å². The zero-order valence-corrected chi connectivity index (χ0v) is 8.20. The number of hydrogen-bond donors (Lipinski definition) is 0. The first-order valence-corrected chi connectivity index (χ1v) is 4.33. The molecule has 68 valence electrons. The Kier molecular flexibility index (Phi) is 3.32. The summed E-state index contributed by atoms with van der Waals surface area (Å²) in [6, 6.07) is 8.38. The summed E-state index contributed by atoms with van der Waals surface area (Å²) in [5.41, 5.74) is 2.47. The minimum Gasteiger partial charge on any atom is -0.351 e. The molecule has 0 atom stereocenters. The molecule has 0 heterocycles. The predicted molar refractivity (Wildman–Crippen MR) is 58.9 cm³/mol. The van der Waals surface area contributed by atoms with E-state index in [2.05, 4.69) is 42.7 Å². The van der Waals surface area contributed by atoms with Crippen LogP contribution in [0.15, 0.2) is 49.2 Å². The SMILES string of the molecule is C=C/C=C\N(C)c1cccc(C)c1. The van der Waals surface area contributed by atoms with Gasteiger partial charge in [-0.25, -0.2) is 0 Å². The van der Waals surface area contributed by atoms with E-state index in [1.165, 1.54) is 11.3 Å². The van der Waals surface area contributed by atoms with Crippen molar-refractivity contribution in [1.29, 1.82) is 0 Å². The summed E-state index contributed by atoms with van der Waals surface area (Å²) in [6.07, 6.45) is 5.68. The molecule has 0 aliphatic carbocycles. The number of allylic oxidation sites excluding steroid dienone is 2. The van der Waals surface area contributed by atoms with Gasteiger partial charge in [-0.1, -0.05) is 24.8 Å². The lowest BCUT2D eigenvalue weighted by Gasteiger charge is -2.13. The Morgan fingerprint density at radius 2 is 2.15 bits per heavy atom. The minimum atomic E-state index is 1.19. The van der Waals surface area contributed by atoms with Crippen LogP contribution in [0.5, 0.6) is 0 Å². The van der Waals surface area contributed by atoms with Gasteiger partial charge >= 0.3 is 0 Å². The van der Waals surface area contributed by atoms with Crippen molar-refractivity contribution in [3.63, 3.8) is 0 Å². The van der Waals surface area contributed by atoms with E-state index in [1.54, 1.807) is 6.08 Å². The largest absolute Gasteiger partial charge is 0.351 e. The molecule has 0 N–H and O–H groups in total. The van der Waals surface area contributed by atoms with E-state index >= 15 is 0 Å². The van der Waals surface area contributed by atoms with Crippen LogP contribution in [-0.4, -0.2) is 7.05 Å². The van der Waals surface area contributed by atoms with Crippen molar-refractivity contribution < 1.29 is 0 Å². The molecule has 0 aromatic heterocycles. The summed E-state index contributed by atoms with van der Waals surface area (Å²) in [4.78, 5) is 2.06. The van der Waals surface area contributed by atoms with Crippen LogP contribution in [0.2, 0.25) is 0 Å². The Labute approximate surface area is 80.0 Å². The lowest BCUT2D eigenvalue weighted by molar-refractivity contribution is 1.20. The molecule has 0 aliphatic rings. The maximum absolute atomic E-state index is 3.63. The predicted octanol–water partition coefficient (Wildman–Crippen LogP) is 3.13. The van der Waals surface area contributed by atoms with E-state index in [9.17, 15) is 0 Å². The fraction of sp³-hybridized carbons (Fsp3) is 0.167. The molecule has 0 fully saturated rings. The molecular formula is C12H15N. The van der Waals surface area contributed by atoms with Crippen molar-refractivity contribution in [3.8, 4) is 0 Å². The maximum atomic E-state index is 3.63. The van der Waals surface area contributed by atoms with Gasteiger partial charge in [-0.15, -0.1) is 0 Å². The van der Waals surface area contributed by atoms with Crippen LogP contribution < -0.4 is 4.90 Å². The van der Waals surface area contributed by atoms with Crippen LogP contribution in [0, 0.1) is 6.92 Å². The third kappa shape index (κ3) is 2.79. The van der Waals surface area contributed by atoms with E-state index in [4.69, 9.17) is 0 Å². The molecule has 1 aromatic carbocycles. The van der Waals surface area contributed by atoms with Crippen molar-refractivity contribution >= 4 is 5.69 Å². The molecule has 0 saturated carbocycles. The minimum absolute atomic E-state index is 1.19. The quantitative estimate of drug-likeness (QED) is 0.635. The first kappa shape index (κ1) is 9.59. The molecule has 0 saturated heterocycles. The number of aryl methyl sites for hydroxylation is 1. The molecule has 0 amide bonds. The van der Waals surface area contributed by atoms with E-state index < -0.39 is 0 Å². The van der Waals surface area contributed by atoms with Gasteiger partial charge in [-0.05, 0) is 30.7 Å². The van der Waals surface area contributed by atoms with Gasteiger partial charge in [0, 0.05) is 18.9 Å². The molecule has 13 heavy (non-hydrogen) atoms. The van der Waals surface area contributed by atoms with Crippen molar-refractivity contribution in [2.45, 2.75) is 6.92 Å². The number of anilines is 1. The molecule has 0 bridgehead atoms. The molecule has 1 aromatic rings. The fourth-order valence-electron chi connectivity index (χ4n) is 1.12. The highest BCUT2D eigenvalue weighted by molar-refractivity contribution is 5.50. The Bertz CT molecular complexity index is 313. The standard InChI is InChI=1S/C12H15N/c1-4-5-9-13(3)12-8-6-7-11(2)10-12/h4-10H,1H2,2-3H3/b9-5-. The monoisotopic (exact) mass is 173 g/mol. The van der Waals surface area contributed by atoms with Crippen LogP contribution in [0.1, 0.15) is 5.56 Å². The van der Waals surface area contributed by atoms with Gasteiger partial charge in [-0.3, -0.25) is 0 Å². The highest BCUT2D eigenvalue weighted by Gasteiger charge is 1.94. The second-order valence-corrected chi connectivity index (χ2v) is 3.03. The highest BCUT2D eigenvalue weighted by atomic mass is 15.1. The zero-order valence-electron chi connectivity index (χ0n) is 8.20. The zero-order chi connectivity index (χ0) is 9.68. The van der Waals surface area contributed by atoms with Gasteiger partial charge in [0.2, 0.25) is 0 Å². The number of rotatable bonds is 3. The fourth-order valence-corrected chi connectivity index (χ4v) is 1.12. The van der Waals surface area contributed by atoms with Crippen LogP contribution in [0.3, 0.4) is 0 Å². The van der Waals surface area contributed by atoms with E-state index in [0.29, 0.717) is 0 Å². The molecule has 1 rings (SSSR count). The third-order valence-electron chi connectivity index (χ3n) is 1.85. The average Bonchev–Trinajstić information content (AvgIpc) is 2.14. The smallest absolute Gasteiger partial charge is 0.0406 e. The van der Waals surface area contributed by atoms with Gasteiger partial charge in [-0.2, -0.15) is 0 Å². The van der Waals surface area contributed by atoms with Gasteiger partial charge in [0.25, 0.3) is 0 Å². The summed E-state index contributed by atoms with van der Waals surface area (Å²) < 4.78 is 0. The summed E-state index contributed by atoms with van der Waals surface area (Å²) >= 11 is 0. The normalized spacial score (nSPS) is 10.3. The lowest BCUT2D eigenvalue weighted by atomic mass is 10.2. The number of hydrogen-bond acceptors (Lipinski definition) is 1. The first-order chi connectivity index (χ1) is 6.24. The Hall–Kier alpha value is -1.50. The summed E-state index contributed by atoms with van der Waals surface area (Å²) in [5, 5.41) is 0. The summed E-state index contributed by atoms with van der Waals surface area (Å²) in [5.74, 6) is 0. The van der Waals surface area contributed by atoms with Gasteiger partial charge in [0.05, 0.1) is 0 Å². The van der Waals surface area contributed by atoms with E-state index in [0.717, 1.165) is 0 Å². The molecule has 1 heteroatoms. The van der Waals surface area contributed by atoms with Gasteiger partial charge < -0.3 is 4.90 Å². The van der Waals surface area contributed by atoms with Crippen LogP contribution in [0.4, 0.5) is 5.69 Å². The molecule has 0 aliphatic heterocycles. The van der Waals surface area contributed by atoms with Crippen LogP contribution in [-0.2, 0) is 0 Å². The molecule has 0 radical (unpaired) electrons. The maximum Gasteiger partial charge on any atom is 0.0406 e. The number of benzene rings is 1. The van der Waals surface area contributed by atoms with Gasteiger partial charge in [0.1, 0.15) is 0 Å². The number of nitrogens with zero attached hydrogens (tertiary/aromatic N) is 1. The summed E-state index contributed by atoms with van der Waals surface area (Å²) in [7, 11) is 2.02. The second-order valence-electron chi connectivity index (χ2n) is 3.03. The van der Waals surface area contributed by atoms with Crippen molar-refractivity contribution in [3.05, 3.63) is 54.8 Å². The second kappa shape index (κ2) is 4.51. The van der Waals surface area contributed by atoms with E-state index in [1.807, 2.05) is 19.3 Å². The van der Waals surface area contributed by atoms with Crippen molar-refractivity contribution in [2.75, 3.05) is 11.9 Å². The third-order valence-corrected chi connectivity index (χ3v) is 1.85. The topological polar surface area (TPSA) is 3.24 Å². The molecular weight excluding hydrogens is 158 g/mol. The molecule has 1 nitrogen and oxygen atoms in total. The summed E-state index contributed by atoms with van der Waals surface area (Å²) in [6.45, 7) is 5.72. The van der Waals surface area contributed by atoms with Crippen molar-refractivity contribution in [2.24, 2.45) is 0 Å². The highest BCUT2D eigenvalue weighted by Crippen LogP contribution is 2.14. The Balaban J connectivity index is 2.82. The van der Waals surface area contributed by atoms with Crippen LogP contribution >= 0.6 is 0 Å². The van der Waals surface area contributed by atoms with E-state index in [-0.39, 0.29) is 0 Å². The Morgan fingerprint density at radius 1 is 1.38 bits per heavy atom. The molecule has 0 spiro atoms. The Morgan fingerprint density at radius 3 is 2.77 bits per heavy atom. The lowest BCUT2D eigenvalue weighted by Crippen LogP contribution is -2.07.